The Labute approximate surface area is 218 Å². The normalized spacial score (nSPS) is 25.9. The fraction of sp³-hybridized carbons (Fsp3) is 0.536. The van der Waals surface area contributed by atoms with Gasteiger partial charge in [-0.1, -0.05) is 56.0 Å². The van der Waals surface area contributed by atoms with Crippen LogP contribution < -0.4 is 0 Å². The molecule has 3 amide bonds. The monoisotopic (exact) mass is 509 g/mol. The maximum absolute atomic E-state index is 13.3. The Morgan fingerprint density at radius 3 is 2.51 bits per heavy atom. The van der Waals surface area contributed by atoms with Crippen molar-refractivity contribution < 1.29 is 33.9 Å². The summed E-state index contributed by atoms with van der Waals surface area (Å²) in [6.07, 6.45) is 6.38. The molecule has 3 aliphatic rings. The number of hydrogen-bond donors (Lipinski definition) is 2. The molecule has 1 aromatic carbocycles. The summed E-state index contributed by atoms with van der Waals surface area (Å²) in [7, 11) is 0.108. The van der Waals surface area contributed by atoms with E-state index in [9.17, 15) is 24.5 Å². The molecule has 0 unspecified atom stereocenters. The predicted molar refractivity (Wildman–Crippen MR) is 139 cm³/mol. The highest BCUT2D eigenvalue weighted by Crippen LogP contribution is 2.51. The molecule has 0 saturated carbocycles. The van der Waals surface area contributed by atoms with Crippen LogP contribution in [0.5, 0.6) is 5.75 Å². The van der Waals surface area contributed by atoms with E-state index >= 15 is 0 Å². The minimum Gasteiger partial charge on any atom is -0.508 e. The zero-order chi connectivity index (χ0) is 26.7. The van der Waals surface area contributed by atoms with Crippen molar-refractivity contribution in [2.75, 3.05) is 7.11 Å². The molecule has 4 atom stereocenters. The van der Waals surface area contributed by atoms with Gasteiger partial charge < -0.3 is 19.5 Å². The van der Waals surface area contributed by atoms with Crippen LogP contribution >= 0.6 is 0 Å². The molecule has 37 heavy (non-hydrogen) atoms. The summed E-state index contributed by atoms with van der Waals surface area (Å²) >= 11 is 0. The average Bonchev–Trinajstić information content (AvgIpc) is 3.12. The number of carbonyl (C=O) groups is 3. The zero-order valence-corrected chi connectivity index (χ0v) is 21.8. The Morgan fingerprint density at radius 1 is 1.14 bits per heavy atom. The van der Waals surface area contributed by atoms with Crippen LogP contribution in [0, 0.1) is 17.8 Å². The summed E-state index contributed by atoms with van der Waals surface area (Å²) in [6, 6.07) is 7.08. The molecule has 2 fully saturated rings. The number of ether oxygens (including phenoxy) is 1. The summed E-state index contributed by atoms with van der Waals surface area (Å²) in [5, 5.41) is 20.3. The molecular formula is C28H36BNO7. The second-order valence-electron chi connectivity index (χ2n) is 10.2. The zero-order valence-electron chi connectivity index (χ0n) is 21.8. The van der Waals surface area contributed by atoms with E-state index in [-0.39, 0.29) is 24.1 Å². The summed E-state index contributed by atoms with van der Waals surface area (Å²) in [5.74, 6) is -2.47. The molecule has 8 nitrogen and oxygen atoms in total. The number of hydrogen-bond acceptors (Lipinski definition) is 7. The van der Waals surface area contributed by atoms with E-state index in [1.807, 2.05) is 12.1 Å². The van der Waals surface area contributed by atoms with Gasteiger partial charge in [0.05, 0.1) is 25.0 Å². The van der Waals surface area contributed by atoms with Gasteiger partial charge in [-0.25, -0.2) is 4.79 Å². The predicted octanol–water partition coefficient (Wildman–Crippen LogP) is 4.72. The van der Waals surface area contributed by atoms with Crippen molar-refractivity contribution in [2.24, 2.45) is 17.8 Å². The molecule has 1 aromatic rings. The van der Waals surface area contributed by atoms with Crippen LogP contribution in [-0.2, 0) is 19.0 Å². The Morgan fingerprint density at radius 2 is 1.86 bits per heavy atom. The lowest BCUT2D eigenvalue weighted by molar-refractivity contribution is -0.137. The standard InChI is InChI=1S/C28H36BNO7/c1-4-6-17(14-18-8-11-20(31)12-9-18)10-13-23-24-19(7-5-2)15-21-25(22(24)16-29(35)37-23)27(33)30(26(21)32)28(34)36-3/h8-9,11-12,14,21-23,25,31,35H,4-7,10,13,15-16H2,1-3H3/b17-14+/t21-,22+,23-,25-/m1/s1. The SMILES string of the molecule is CCCC1=C2[C@@H](CC/C(=C/c3ccc(O)cc3)CCC)OB(O)C[C@@H]2[C@@H]2C(=O)N(C(=O)OC)C(=O)[C@@H]2C1. The van der Waals surface area contributed by atoms with Gasteiger partial charge in [0.15, 0.2) is 0 Å². The average molecular weight is 509 g/mol. The van der Waals surface area contributed by atoms with E-state index in [0.717, 1.165) is 55.9 Å². The number of carbonyl (C=O) groups excluding carboxylic acids is 3. The van der Waals surface area contributed by atoms with Crippen LogP contribution in [0.3, 0.4) is 0 Å². The van der Waals surface area contributed by atoms with Crippen molar-refractivity contribution in [3.63, 3.8) is 0 Å². The highest BCUT2D eigenvalue weighted by molar-refractivity contribution is 6.43. The lowest BCUT2D eigenvalue weighted by Crippen LogP contribution is -2.46. The van der Waals surface area contributed by atoms with Gasteiger partial charge in [0.1, 0.15) is 5.75 Å². The van der Waals surface area contributed by atoms with Crippen LogP contribution in [0.15, 0.2) is 41.0 Å². The number of phenolic OH excluding ortho intramolecular Hbond substituents is 1. The van der Waals surface area contributed by atoms with Gasteiger partial charge in [-0.15, -0.1) is 0 Å². The van der Waals surface area contributed by atoms with E-state index in [0.29, 0.717) is 17.7 Å². The van der Waals surface area contributed by atoms with Crippen molar-refractivity contribution in [2.45, 2.75) is 71.2 Å². The number of nitrogens with zero attached hydrogens (tertiary/aromatic N) is 1. The maximum Gasteiger partial charge on any atom is 0.455 e. The van der Waals surface area contributed by atoms with Gasteiger partial charge in [0.25, 0.3) is 0 Å². The highest BCUT2D eigenvalue weighted by atomic mass is 16.5. The van der Waals surface area contributed by atoms with Crippen LogP contribution in [0.4, 0.5) is 4.79 Å². The Kier molecular flexibility index (Phi) is 8.54. The molecule has 198 valence electrons. The van der Waals surface area contributed by atoms with Gasteiger partial charge >= 0.3 is 13.2 Å². The van der Waals surface area contributed by atoms with E-state index < -0.39 is 36.9 Å². The molecule has 2 heterocycles. The number of benzene rings is 1. The summed E-state index contributed by atoms with van der Waals surface area (Å²) in [5.41, 5.74) is 4.39. The summed E-state index contributed by atoms with van der Waals surface area (Å²) < 4.78 is 10.8. The van der Waals surface area contributed by atoms with Crippen molar-refractivity contribution in [3.05, 3.63) is 46.5 Å². The third-order valence-electron chi connectivity index (χ3n) is 7.78. The van der Waals surface area contributed by atoms with Gasteiger partial charge in [-0.05, 0) is 67.6 Å². The third kappa shape index (κ3) is 5.53. The molecule has 2 saturated heterocycles. The second kappa shape index (κ2) is 11.6. The first kappa shape index (κ1) is 27.1. The number of allylic oxidation sites excluding steroid dienone is 2. The third-order valence-corrected chi connectivity index (χ3v) is 7.78. The van der Waals surface area contributed by atoms with Crippen molar-refractivity contribution >= 4 is 31.1 Å². The Bertz CT molecular complexity index is 1100. The van der Waals surface area contributed by atoms with E-state index in [1.165, 1.54) is 5.57 Å². The molecule has 2 N–H and O–H groups in total. The minimum absolute atomic E-state index is 0.222. The van der Waals surface area contributed by atoms with E-state index in [4.69, 9.17) is 9.39 Å². The molecule has 2 aliphatic heterocycles. The maximum atomic E-state index is 13.3. The second-order valence-corrected chi connectivity index (χ2v) is 10.2. The first-order chi connectivity index (χ1) is 17.8. The molecular weight excluding hydrogens is 473 g/mol. The number of rotatable bonds is 8. The molecule has 0 radical (unpaired) electrons. The lowest BCUT2D eigenvalue weighted by Gasteiger charge is -2.43. The van der Waals surface area contributed by atoms with Crippen molar-refractivity contribution in [1.82, 2.24) is 4.90 Å². The van der Waals surface area contributed by atoms with Crippen LogP contribution in [-0.4, -0.2) is 53.3 Å². The lowest BCUT2D eigenvalue weighted by atomic mass is 9.58. The van der Waals surface area contributed by atoms with Gasteiger partial charge in [0.2, 0.25) is 11.8 Å². The summed E-state index contributed by atoms with van der Waals surface area (Å²) in [6.45, 7) is 4.20. The Balaban J connectivity index is 1.63. The summed E-state index contributed by atoms with van der Waals surface area (Å²) in [4.78, 5) is 39.3. The van der Waals surface area contributed by atoms with Crippen LogP contribution in [0.2, 0.25) is 6.32 Å². The number of phenols is 1. The smallest absolute Gasteiger partial charge is 0.455 e. The fourth-order valence-electron chi connectivity index (χ4n) is 6.29. The molecule has 0 bridgehead atoms. The first-order valence-electron chi connectivity index (χ1n) is 13.3. The van der Waals surface area contributed by atoms with Gasteiger partial charge in [-0.2, -0.15) is 4.90 Å². The fourth-order valence-corrected chi connectivity index (χ4v) is 6.29. The minimum atomic E-state index is -1.05. The van der Waals surface area contributed by atoms with Crippen molar-refractivity contribution in [3.8, 4) is 5.75 Å². The number of likely N-dealkylation sites (tertiary alicyclic amines) is 1. The first-order valence-corrected chi connectivity index (χ1v) is 13.3. The van der Waals surface area contributed by atoms with Crippen LogP contribution in [0.1, 0.15) is 64.4 Å². The molecule has 1 aliphatic carbocycles. The van der Waals surface area contributed by atoms with Gasteiger partial charge in [0, 0.05) is 0 Å². The quantitative estimate of drug-likeness (QED) is 0.296. The van der Waals surface area contributed by atoms with Crippen molar-refractivity contribution in [1.29, 1.82) is 0 Å². The molecule has 0 aromatic heterocycles. The van der Waals surface area contributed by atoms with E-state index in [2.05, 4.69) is 19.9 Å². The number of fused-ring (bicyclic) bond motifs is 3. The largest absolute Gasteiger partial charge is 0.508 e. The van der Waals surface area contributed by atoms with Crippen LogP contribution in [0.25, 0.3) is 6.08 Å². The highest BCUT2D eigenvalue weighted by Gasteiger charge is 2.59. The Hall–Kier alpha value is -2.91. The molecule has 4 rings (SSSR count). The van der Waals surface area contributed by atoms with Gasteiger partial charge in [-0.3, -0.25) is 9.59 Å². The topological polar surface area (TPSA) is 113 Å². The molecule has 9 heteroatoms. The van der Waals surface area contributed by atoms with E-state index in [1.54, 1.807) is 12.1 Å². The number of aromatic hydroxyl groups is 1. The molecule has 0 spiro atoms. The number of imide groups is 3. The number of methoxy groups -OCH3 is 1. The number of amides is 3.